The van der Waals surface area contributed by atoms with Gasteiger partial charge in [-0.2, -0.15) is 0 Å². The molecule has 96 valence electrons. The van der Waals surface area contributed by atoms with E-state index >= 15 is 0 Å². The molecule has 4 heteroatoms. The molecule has 0 aliphatic carbocycles. The van der Waals surface area contributed by atoms with Gasteiger partial charge in [-0.05, 0) is 59.1 Å². The molecule has 0 saturated heterocycles. The summed E-state index contributed by atoms with van der Waals surface area (Å²) in [4.78, 5) is 1.18. The first-order valence-electron chi connectivity index (χ1n) is 5.70. The Labute approximate surface area is 119 Å². The molecule has 1 aromatic carbocycles. The fourth-order valence-electron chi connectivity index (χ4n) is 1.67. The van der Waals surface area contributed by atoms with E-state index in [0.717, 1.165) is 21.3 Å². The molecule has 2 nitrogen and oxygen atoms in total. The summed E-state index contributed by atoms with van der Waals surface area (Å²) < 4.78 is 6.87. The Morgan fingerprint density at radius 3 is 2.72 bits per heavy atom. The van der Waals surface area contributed by atoms with Crippen LogP contribution in [-0.4, -0.2) is 5.11 Å². The molecule has 1 aromatic heterocycles. The van der Waals surface area contributed by atoms with Gasteiger partial charge in [-0.25, -0.2) is 0 Å². The Bertz CT molecular complexity index is 534. The number of ether oxygens (including phenoxy) is 1. The van der Waals surface area contributed by atoms with Crippen LogP contribution >= 0.6 is 27.3 Å². The van der Waals surface area contributed by atoms with E-state index in [-0.39, 0.29) is 0 Å². The molecule has 0 bridgehead atoms. The maximum Gasteiger partial charge on any atom is 0.122 e. The second kappa shape index (κ2) is 5.87. The Hall–Kier alpha value is -0.840. The van der Waals surface area contributed by atoms with Crippen LogP contribution in [0.3, 0.4) is 0 Å². The standard InChI is InChI=1S/C14H15BrO2S/c1-9-5-11(10(2)16)3-4-14(9)17-7-13-6-12(15)8-18-13/h3-6,8,10,16H,7H2,1-2H3/t10-/m0/s1. The Balaban J connectivity index is 2.05. The van der Waals surface area contributed by atoms with Crippen LogP contribution in [0, 0.1) is 6.92 Å². The zero-order valence-corrected chi connectivity index (χ0v) is 12.7. The number of hydrogen-bond donors (Lipinski definition) is 1. The molecule has 1 N–H and O–H groups in total. The first-order chi connectivity index (χ1) is 8.56. The SMILES string of the molecule is Cc1cc([C@H](C)O)ccc1OCc1cc(Br)cs1. The Morgan fingerprint density at radius 1 is 1.39 bits per heavy atom. The average Bonchev–Trinajstić information content (AvgIpc) is 2.73. The summed E-state index contributed by atoms with van der Waals surface area (Å²) in [6, 6.07) is 7.84. The number of rotatable bonds is 4. The number of benzene rings is 1. The van der Waals surface area contributed by atoms with Crippen molar-refractivity contribution in [3.05, 3.63) is 50.1 Å². The molecular weight excluding hydrogens is 312 g/mol. The predicted molar refractivity (Wildman–Crippen MR) is 78.2 cm³/mol. The average molecular weight is 327 g/mol. The summed E-state index contributed by atoms with van der Waals surface area (Å²) in [6.45, 7) is 4.33. The highest BCUT2D eigenvalue weighted by atomic mass is 79.9. The number of halogens is 1. The monoisotopic (exact) mass is 326 g/mol. The minimum atomic E-state index is -0.439. The molecule has 1 atom stereocenters. The van der Waals surface area contributed by atoms with Crippen LogP contribution in [0.4, 0.5) is 0 Å². The van der Waals surface area contributed by atoms with E-state index in [4.69, 9.17) is 4.74 Å². The van der Waals surface area contributed by atoms with Crippen LogP contribution < -0.4 is 4.74 Å². The van der Waals surface area contributed by atoms with Gasteiger partial charge in [0.15, 0.2) is 0 Å². The van der Waals surface area contributed by atoms with Gasteiger partial charge in [0.25, 0.3) is 0 Å². The van der Waals surface area contributed by atoms with Crippen molar-refractivity contribution in [1.82, 2.24) is 0 Å². The molecule has 2 aromatic rings. The lowest BCUT2D eigenvalue weighted by molar-refractivity contribution is 0.199. The maximum atomic E-state index is 9.51. The van der Waals surface area contributed by atoms with Crippen LogP contribution in [0.1, 0.15) is 29.0 Å². The number of aryl methyl sites for hydroxylation is 1. The summed E-state index contributed by atoms with van der Waals surface area (Å²) in [6.07, 6.45) is -0.439. The highest BCUT2D eigenvalue weighted by Gasteiger charge is 2.06. The van der Waals surface area contributed by atoms with Crippen LogP contribution in [0.5, 0.6) is 5.75 Å². The maximum absolute atomic E-state index is 9.51. The molecule has 0 amide bonds. The normalized spacial score (nSPS) is 12.4. The van der Waals surface area contributed by atoms with E-state index in [1.54, 1.807) is 18.3 Å². The quantitative estimate of drug-likeness (QED) is 0.899. The van der Waals surface area contributed by atoms with Gasteiger partial charge in [0.2, 0.25) is 0 Å². The minimum absolute atomic E-state index is 0.439. The van der Waals surface area contributed by atoms with E-state index in [9.17, 15) is 5.11 Å². The van der Waals surface area contributed by atoms with Gasteiger partial charge in [-0.15, -0.1) is 11.3 Å². The molecule has 0 radical (unpaired) electrons. The van der Waals surface area contributed by atoms with Crippen molar-refractivity contribution in [3.63, 3.8) is 0 Å². The molecular formula is C14H15BrO2S. The third kappa shape index (κ3) is 3.34. The van der Waals surface area contributed by atoms with E-state index in [0.29, 0.717) is 6.61 Å². The molecule has 18 heavy (non-hydrogen) atoms. The fraction of sp³-hybridized carbons (Fsp3) is 0.286. The number of hydrogen-bond acceptors (Lipinski definition) is 3. The van der Waals surface area contributed by atoms with Gasteiger partial charge >= 0.3 is 0 Å². The van der Waals surface area contributed by atoms with Crippen molar-refractivity contribution in [2.45, 2.75) is 26.6 Å². The van der Waals surface area contributed by atoms with E-state index in [1.807, 2.05) is 30.5 Å². The Morgan fingerprint density at radius 2 is 2.17 bits per heavy atom. The molecule has 1 heterocycles. The van der Waals surface area contributed by atoms with Gasteiger partial charge in [0.05, 0.1) is 6.10 Å². The third-order valence-corrected chi connectivity index (χ3v) is 4.34. The number of thiophene rings is 1. The number of aliphatic hydroxyl groups excluding tert-OH is 1. The van der Waals surface area contributed by atoms with E-state index in [2.05, 4.69) is 22.0 Å². The topological polar surface area (TPSA) is 29.5 Å². The summed E-state index contributed by atoms with van der Waals surface area (Å²) in [7, 11) is 0. The van der Waals surface area contributed by atoms with Crippen LogP contribution in [0.15, 0.2) is 34.1 Å². The zero-order chi connectivity index (χ0) is 13.1. The molecule has 0 aliphatic rings. The molecule has 0 fully saturated rings. The predicted octanol–water partition coefficient (Wildman–Crippen LogP) is 4.45. The van der Waals surface area contributed by atoms with Gasteiger partial charge in [0.1, 0.15) is 12.4 Å². The lowest BCUT2D eigenvalue weighted by atomic mass is 10.1. The van der Waals surface area contributed by atoms with Crippen LogP contribution in [0.25, 0.3) is 0 Å². The van der Waals surface area contributed by atoms with E-state index < -0.39 is 6.10 Å². The fourth-order valence-corrected chi connectivity index (χ4v) is 3.03. The molecule has 0 unspecified atom stereocenters. The van der Waals surface area contributed by atoms with Crippen molar-refractivity contribution in [2.75, 3.05) is 0 Å². The minimum Gasteiger partial charge on any atom is -0.488 e. The zero-order valence-electron chi connectivity index (χ0n) is 10.3. The van der Waals surface area contributed by atoms with Crippen molar-refractivity contribution < 1.29 is 9.84 Å². The molecule has 2 rings (SSSR count). The van der Waals surface area contributed by atoms with Crippen molar-refractivity contribution in [1.29, 1.82) is 0 Å². The lowest BCUT2D eigenvalue weighted by Crippen LogP contribution is -1.97. The van der Waals surface area contributed by atoms with E-state index in [1.165, 1.54) is 4.88 Å². The first-order valence-corrected chi connectivity index (χ1v) is 7.38. The molecule has 0 spiro atoms. The summed E-state index contributed by atoms with van der Waals surface area (Å²) >= 11 is 5.10. The highest BCUT2D eigenvalue weighted by molar-refractivity contribution is 9.10. The third-order valence-electron chi connectivity index (χ3n) is 2.67. The summed E-state index contributed by atoms with van der Waals surface area (Å²) in [5.74, 6) is 0.865. The van der Waals surface area contributed by atoms with Crippen molar-refractivity contribution in [3.8, 4) is 5.75 Å². The summed E-state index contributed by atoms with van der Waals surface area (Å²) in [5, 5.41) is 11.5. The molecule has 0 aliphatic heterocycles. The Kier molecular flexibility index (Phi) is 4.43. The van der Waals surface area contributed by atoms with Crippen LogP contribution in [-0.2, 0) is 6.61 Å². The van der Waals surface area contributed by atoms with Crippen LogP contribution in [0.2, 0.25) is 0 Å². The molecule has 0 saturated carbocycles. The van der Waals surface area contributed by atoms with Gasteiger partial charge in [-0.1, -0.05) is 6.07 Å². The lowest BCUT2D eigenvalue weighted by Gasteiger charge is -2.11. The first kappa shape index (κ1) is 13.6. The number of aliphatic hydroxyl groups is 1. The second-order valence-electron chi connectivity index (χ2n) is 4.22. The highest BCUT2D eigenvalue weighted by Crippen LogP contribution is 2.25. The second-order valence-corrected chi connectivity index (χ2v) is 6.13. The van der Waals surface area contributed by atoms with Gasteiger partial charge in [0, 0.05) is 14.7 Å². The van der Waals surface area contributed by atoms with Gasteiger partial charge in [-0.3, -0.25) is 0 Å². The largest absolute Gasteiger partial charge is 0.488 e. The summed E-state index contributed by atoms with van der Waals surface area (Å²) in [5.41, 5.74) is 1.96. The van der Waals surface area contributed by atoms with Gasteiger partial charge < -0.3 is 9.84 Å². The smallest absolute Gasteiger partial charge is 0.122 e. The van der Waals surface area contributed by atoms with Crippen molar-refractivity contribution >= 4 is 27.3 Å². The van der Waals surface area contributed by atoms with Crippen molar-refractivity contribution in [2.24, 2.45) is 0 Å².